The fourth-order valence-electron chi connectivity index (χ4n) is 4.56. The summed E-state index contributed by atoms with van der Waals surface area (Å²) in [6, 6.07) is 25.4. The first-order valence-electron chi connectivity index (χ1n) is 12.0. The van der Waals surface area contributed by atoms with Gasteiger partial charge in [0.25, 0.3) is 0 Å². The lowest BCUT2D eigenvalue weighted by molar-refractivity contribution is -0.117. The van der Waals surface area contributed by atoms with Gasteiger partial charge in [-0.15, -0.1) is 0 Å². The number of fused-ring (bicyclic) bond motifs is 1. The van der Waals surface area contributed by atoms with Gasteiger partial charge in [0.05, 0.1) is 16.8 Å². The van der Waals surface area contributed by atoms with Crippen LogP contribution in [0.2, 0.25) is 0 Å². The van der Waals surface area contributed by atoms with E-state index in [-0.39, 0.29) is 5.91 Å². The maximum absolute atomic E-state index is 12.7. The van der Waals surface area contributed by atoms with Gasteiger partial charge in [-0.2, -0.15) is 0 Å². The molecule has 0 unspecified atom stereocenters. The van der Waals surface area contributed by atoms with E-state index in [9.17, 15) is 4.79 Å². The Labute approximate surface area is 205 Å². The molecule has 4 aromatic rings. The van der Waals surface area contributed by atoms with Crippen LogP contribution in [0, 0.1) is 0 Å². The predicted molar refractivity (Wildman–Crippen MR) is 141 cm³/mol. The Hall–Kier alpha value is -3.06. The largest absolute Gasteiger partial charge is 0.301 e. The molecule has 5 rings (SSSR count). The highest BCUT2D eigenvalue weighted by atomic mass is 32.1. The van der Waals surface area contributed by atoms with E-state index in [0.29, 0.717) is 11.7 Å². The summed E-state index contributed by atoms with van der Waals surface area (Å²) in [6.45, 7) is 7.32. The van der Waals surface area contributed by atoms with Gasteiger partial charge in [0.2, 0.25) is 5.91 Å². The number of nitrogens with zero attached hydrogens (tertiary/aromatic N) is 3. The Balaban J connectivity index is 1.19. The van der Waals surface area contributed by atoms with Gasteiger partial charge in [-0.3, -0.25) is 14.6 Å². The van der Waals surface area contributed by atoms with Crippen molar-refractivity contribution in [1.29, 1.82) is 0 Å². The Morgan fingerprint density at radius 2 is 1.62 bits per heavy atom. The summed E-state index contributed by atoms with van der Waals surface area (Å²) >= 11 is 1.55. The van der Waals surface area contributed by atoms with Gasteiger partial charge in [0, 0.05) is 32.7 Å². The summed E-state index contributed by atoms with van der Waals surface area (Å²) < 4.78 is 1.11. The van der Waals surface area contributed by atoms with Gasteiger partial charge in [0.15, 0.2) is 5.13 Å². The highest BCUT2D eigenvalue weighted by molar-refractivity contribution is 7.22. The van der Waals surface area contributed by atoms with Crippen molar-refractivity contribution in [2.75, 3.05) is 38.0 Å². The third kappa shape index (κ3) is 5.36. The second-order valence-corrected chi connectivity index (χ2v) is 9.83. The van der Waals surface area contributed by atoms with Crippen LogP contribution in [0.25, 0.3) is 21.3 Å². The van der Waals surface area contributed by atoms with E-state index in [2.05, 4.69) is 88.8 Å². The molecule has 1 aromatic heterocycles. The lowest BCUT2D eigenvalue weighted by Gasteiger charge is -2.34. The van der Waals surface area contributed by atoms with Crippen LogP contribution in [0.1, 0.15) is 18.1 Å². The summed E-state index contributed by atoms with van der Waals surface area (Å²) in [5, 5.41) is 3.72. The monoisotopic (exact) mass is 470 g/mol. The molecule has 0 spiro atoms. The quantitative estimate of drug-likeness (QED) is 0.399. The molecule has 1 N–H and O–H groups in total. The summed E-state index contributed by atoms with van der Waals surface area (Å²) in [5.41, 5.74) is 5.99. The number of hydrogen-bond donors (Lipinski definition) is 1. The zero-order valence-corrected chi connectivity index (χ0v) is 20.4. The van der Waals surface area contributed by atoms with Crippen LogP contribution >= 0.6 is 11.3 Å². The standard InChI is InChI=1S/C28H30N4OS/c1-2-22-17-26-25(18-24(22)23-11-7-4-8-12-23)29-28(34-26)30-27(33)20-32-15-13-31(14-16-32)19-21-9-5-3-6-10-21/h3-12,17-18H,2,13-16,19-20H2,1H3,(H,29,30,33). The minimum absolute atomic E-state index is 0.00885. The van der Waals surface area contributed by atoms with E-state index in [1.165, 1.54) is 22.3 Å². The first-order chi connectivity index (χ1) is 16.7. The Morgan fingerprint density at radius 1 is 0.941 bits per heavy atom. The third-order valence-electron chi connectivity index (χ3n) is 6.41. The van der Waals surface area contributed by atoms with Crippen molar-refractivity contribution in [2.45, 2.75) is 19.9 Å². The molecule has 0 atom stereocenters. The van der Waals surface area contributed by atoms with Gasteiger partial charge < -0.3 is 5.32 Å². The molecule has 34 heavy (non-hydrogen) atoms. The first kappa shape index (κ1) is 22.7. The molecule has 1 aliphatic heterocycles. The Bertz CT molecular complexity index is 1250. The van der Waals surface area contributed by atoms with Crippen LogP contribution in [0.3, 0.4) is 0 Å². The number of amides is 1. The number of piperazine rings is 1. The average molecular weight is 471 g/mol. The van der Waals surface area contributed by atoms with E-state index >= 15 is 0 Å². The number of nitrogens with one attached hydrogen (secondary N) is 1. The average Bonchev–Trinajstić information content (AvgIpc) is 3.26. The maximum Gasteiger partial charge on any atom is 0.240 e. The van der Waals surface area contributed by atoms with Crippen molar-refractivity contribution in [1.82, 2.24) is 14.8 Å². The molecule has 1 amide bonds. The normalized spacial score (nSPS) is 15.0. The third-order valence-corrected chi connectivity index (χ3v) is 7.34. The van der Waals surface area contributed by atoms with Crippen molar-refractivity contribution in [3.63, 3.8) is 0 Å². The lowest BCUT2D eigenvalue weighted by Crippen LogP contribution is -2.48. The van der Waals surface area contributed by atoms with Crippen molar-refractivity contribution in [2.24, 2.45) is 0 Å². The molecule has 0 saturated carbocycles. The van der Waals surface area contributed by atoms with Crippen molar-refractivity contribution < 1.29 is 4.79 Å². The molecule has 0 radical (unpaired) electrons. The van der Waals surface area contributed by atoms with Crippen LogP contribution in [0.15, 0.2) is 72.8 Å². The smallest absolute Gasteiger partial charge is 0.240 e. The molecule has 174 valence electrons. The van der Waals surface area contributed by atoms with Gasteiger partial charge in [-0.25, -0.2) is 4.98 Å². The number of carbonyl (C=O) groups is 1. The molecule has 5 nitrogen and oxygen atoms in total. The zero-order chi connectivity index (χ0) is 23.3. The van der Waals surface area contributed by atoms with E-state index in [4.69, 9.17) is 4.98 Å². The molecule has 1 aliphatic rings. The number of carbonyl (C=O) groups excluding carboxylic acids is 1. The van der Waals surface area contributed by atoms with Crippen LogP contribution in [0.5, 0.6) is 0 Å². The summed E-state index contributed by atoms with van der Waals surface area (Å²) in [7, 11) is 0. The number of anilines is 1. The molecule has 6 heteroatoms. The summed E-state index contributed by atoms with van der Waals surface area (Å²) in [6.07, 6.45) is 0.954. The van der Waals surface area contributed by atoms with E-state index < -0.39 is 0 Å². The number of aromatic nitrogens is 1. The number of rotatable bonds is 7. The summed E-state index contributed by atoms with van der Waals surface area (Å²) in [4.78, 5) is 22.1. The first-order valence-corrected chi connectivity index (χ1v) is 12.8. The van der Waals surface area contributed by atoms with Crippen molar-refractivity contribution in [3.05, 3.63) is 83.9 Å². The molecular formula is C28H30N4OS. The van der Waals surface area contributed by atoms with Crippen molar-refractivity contribution >= 4 is 32.6 Å². The number of benzene rings is 3. The molecule has 0 bridgehead atoms. The van der Waals surface area contributed by atoms with Gasteiger partial charge in [-0.05, 0) is 40.8 Å². The molecule has 1 fully saturated rings. The van der Waals surface area contributed by atoms with Crippen LogP contribution in [0.4, 0.5) is 5.13 Å². The van der Waals surface area contributed by atoms with E-state index in [1.807, 2.05) is 6.07 Å². The Morgan fingerprint density at radius 3 is 2.32 bits per heavy atom. The fraction of sp³-hybridized carbons (Fsp3) is 0.286. The number of thiazole rings is 1. The van der Waals surface area contributed by atoms with Gasteiger partial charge in [-0.1, -0.05) is 78.9 Å². The predicted octanol–water partition coefficient (Wildman–Crippen LogP) is 5.28. The SMILES string of the molecule is CCc1cc2sc(NC(=O)CN3CCN(Cc4ccccc4)CC3)nc2cc1-c1ccccc1. The highest BCUT2D eigenvalue weighted by Gasteiger charge is 2.20. The second-order valence-electron chi connectivity index (χ2n) is 8.80. The minimum Gasteiger partial charge on any atom is -0.301 e. The molecule has 0 aliphatic carbocycles. The number of aryl methyl sites for hydroxylation is 1. The van der Waals surface area contributed by atoms with E-state index in [0.717, 1.165) is 49.4 Å². The lowest BCUT2D eigenvalue weighted by atomic mass is 9.98. The van der Waals surface area contributed by atoms with Crippen LogP contribution in [-0.4, -0.2) is 53.4 Å². The maximum atomic E-state index is 12.7. The molecule has 2 heterocycles. The Kier molecular flexibility index (Phi) is 7.00. The fourth-order valence-corrected chi connectivity index (χ4v) is 5.48. The number of hydrogen-bond acceptors (Lipinski definition) is 5. The van der Waals surface area contributed by atoms with E-state index in [1.54, 1.807) is 11.3 Å². The minimum atomic E-state index is 0.00885. The van der Waals surface area contributed by atoms with Crippen LogP contribution < -0.4 is 5.32 Å². The molecule has 3 aromatic carbocycles. The van der Waals surface area contributed by atoms with Gasteiger partial charge >= 0.3 is 0 Å². The second kappa shape index (κ2) is 10.5. The summed E-state index contributed by atoms with van der Waals surface area (Å²) in [5.74, 6) is 0.00885. The van der Waals surface area contributed by atoms with Crippen molar-refractivity contribution in [3.8, 4) is 11.1 Å². The molecular weight excluding hydrogens is 440 g/mol. The van der Waals surface area contributed by atoms with Gasteiger partial charge in [0.1, 0.15) is 0 Å². The van der Waals surface area contributed by atoms with Crippen LogP contribution in [-0.2, 0) is 17.8 Å². The highest BCUT2D eigenvalue weighted by Crippen LogP contribution is 2.33. The zero-order valence-electron chi connectivity index (χ0n) is 19.5. The topological polar surface area (TPSA) is 48.5 Å². The molecule has 1 saturated heterocycles.